The summed E-state index contributed by atoms with van der Waals surface area (Å²) in [5, 5.41) is 11.5. The fourth-order valence-corrected chi connectivity index (χ4v) is 3.95. The van der Waals surface area contributed by atoms with Crippen LogP contribution in [0.4, 0.5) is 0 Å². The summed E-state index contributed by atoms with van der Waals surface area (Å²) in [7, 11) is 5.87. The van der Waals surface area contributed by atoms with Crippen molar-refractivity contribution in [3.05, 3.63) is 12.2 Å². The van der Waals surface area contributed by atoms with E-state index < -0.39 is 24.3 Å². The highest BCUT2D eigenvalue weighted by molar-refractivity contribution is 5.70. The molecule has 240 valence electrons. The number of hydrogen-bond acceptors (Lipinski definition) is 8. The molecule has 0 radical (unpaired) electrons. The molecule has 9 nitrogen and oxygen atoms in total. The van der Waals surface area contributed by atoms with E-state index in [1.165, 1.54) is 19.3 Å². The summed E-state index contributed by atoms with van der Waals surface area (Å²) in [6.45, 7) is 4.55. The summed E-state index contributed by atoms with van der Waals surface area (Å²) in [5.74, 6) is -2.32. The Hall–Kier alpha value is -1.97. The Kier molecular flexibility index (Phi) is 24.5. The molecular weight excluding hydrogens is 526 g/mol. The summed E-state index contributed by atoms with van der Waals surface area (Å²) in [5.41, 5.74) is 0. The number of unbranched alkanes of at least 4 members (excludes halogenated alkanes) is 11. The van der Waals surface area contributed by atoms with Crippen LogP contribution < -0.4 is 5.11 Å². The molecule has 0 saturated heterocycles. The predicted molar refractivity (Wildman–Crippen MR) is 159 cm³/mol. The van der Waals surface area contributed by atoms with Gasteiger partial charge < -0.3 is 33.3 Å². The van der Waals surface area contributed by atoms with Crippen molar-refractivity contribution in [1.29, 1.82) is 0 Å². The molecule has 0 fully saturated rings. The number of carboxylic acid groups (broad SMARTS) is 1. The van der Waals surface area contributed by atoms with Crippen LogP contribution in [0.15, 0.2) is 12.2 Å². The second-order valence-electron chi connectivity index (χ2n) is 11.7. The molecule has 0 heterocycles. The van der Waals surface area contributed by atoms with Crippen molar-refractivity contribution >= 4 is 17.9 Å². The van der Waals surface area contributed by atoms with Crippen molar-refractivity contribution in [2.45, 2.75) is 129 Å². The average Bonchev–Trinajstić information content (AvgIpc) is 2.91. The number of ether oxygens (including phenoxy) is 4. The van der Waals surface area contributed by atoms with Crippen LogP contribution in [0, 0.1) is 0 Å². The summed E-state index contributed by atoms with van der Waals surface area (Å²) < 4.78 is 22.2. The first-order valence-electron chi connectivity index (χ1n) is 15.8. The Morgan fingerprint density at radius 3 is 1.90 bits per heavy atom. The van der Waals surface area contributed by atoms with Crippen molar-refractivity contribution in [1.82, 2.24) is 0 Å². The zero-order valence-electron chi connectivity index (χ0n) is 26.7. The van der Waals surface area contributed by atoms with Crippen molar-refractivity contribution in [3.8, 4) is 0 Å². The molecule has 0 aromatic heterocycles. The van der Waals surface area contributed by atoms with Gasteiger partial charge in [-0.05, 0) is 32.1 Å². The fraction of sp³-hybridized carbons (Fsp3) is 0.844. The monoisotopic (exact) mass is 585 g/mol. The predicted octanol–water partition coefficient (Wildman–Crippen LogP) is 5.09. The first-order valence-corrected chi connectivity index (χ1v) is 15.8. The molecule has 41 heavy (non-hydrogen) atoms. The van der Waals surface area contributed by atoms with Crippen molar-refractivity contribution in [2.24, 2.45) is 0 Å². The van der Waals surface area contributed by atoms with E-state index in [1.54, 1.807) is 0 Å². The lowest BCUT2D eigenvalue weighted by Gasteiger charge is -2.26. The lowest BCUT2D eigenvalue weighted by atomic mass is 10.1. The second kappa shape index (κ2) is 25.7. The van der Waals surface area contributed by atoms with Gasteiger partial charge in [0.25, 0.3) is 0 Å². The highest BCUT2D eigenvalue weighted by Crippen LogP contribution is 2.11. The maximum Gasteiger partial charge on any atom is 0.306 e. The Morgan fingerprint density at radius 2 is 1.29 bits per heavy atom. The lowest BCUT2D eigenvalue weighted by Crippen LogP contribution is -2.44. The summed E-state index contributed by atoms with van der Waals surface area (Å²) in [6.07, 6.45) is 17.1. The number of esters is 2. The van der Waals surface area contributed by atoms with Gasteiger partial charge in [-0.1, -0.05) is 83.8 Å². The van der Waals surface area contributed by atoms with E-state index in [4.69, 9.17) is 18.9 Å². The minimum absolute atomic E-state index is 0.148. The van der Waals surface area contributed by atoms with Crippen molar-refractivity contribution in [2.75, 3.05) is 47.5 Å². The van der Waals surface area contributed by atoms with Gasteiger partial charge in [-0.2, -0.15) is 0 Å². The van der Waals surface area contributed by atoms with Gasteiger partial charge in [-0.15, -0.1) is 0 Å². The number of allylic oxidation sites excluding steroid dienone is 2. The number of quaternary nitrogens is 1. The zero-order valence-corrected chi connectivity index (χ0v) is 26.7. The summed E-state index contributed by atoms with van der Waals surface area (Å²) in [6, 6.07) is 0. The van der Waals surface area contributed by atoms with Gasteiger partial charge in [0.15, 0.2) is 12.4 Å². The van der Waals surface area contributed by atoms with Gasteiger partial charge in [0.1, 0.15) is 13.2 Å². The molecule has 2 unspecified atom stereocenters. The van der Waals surface area contributed by atoms with Gasteiger partial charge >= 0.3 is 11.9 Å². The van der Waals surface area contributed by atoms with E-state index in [9.17, 15) is 19.5 Å². The first-order chi connectivity index (χ1) is 19.6. The third-order valence-electron chi connectivity index (χ3n) is 6.49. The number of hydrogen-bond donors (Lipinski definition) is 0. The van der Waals surface area contributed by atoms with E-state index in [1.807, 2.05) is 21.1 Å². The molecule has 0 aliphatic rings. The lowest BCUT2D eigenvalue weighted by molar-refractivity contribution is -0.870. The SMILES string of the molecule is CCC/C=C\CCCCCCCC(=O)OC(COC(=O)CCCCCCCC)COC(OCC[N+](C)(C)C)C(=O)[O-]. The first kappa shape index (κ1) is 39.0. The minimum atomic E-state index is -1.61. The van der Waals surface area contributed by atoms with E-state index in [0.29, 0.717) is 17.4 Å². The molecular formula is C32H59NO8. The number of rotatable bonds is 28. The molecule has 0 aliphatic carbocycles. The van der Waals surface area contributed by atoms with Crippen LogP contribution in [0.3, 0.4) is 0 Å². The van der Waals surface area contributed by atoms with Crippen LogP contribution in [0.2, 0.25) is 0 Å². The van der Waals surface area contributed by atoms with E-state index in [0.717, 1.165) is 64.2 Å². The third-order valence-corrected chi connectivity index (χ3v) is 6.49. The van der Waals surface area contributed by atoms with E-state index in [-0.39, 0.29) is 38.6 Å². The quantitative estimate of drug-likeness (QED) is 0.0410. The minimum Gasteiger partial charge on any atom is -0.545 e. The number of aliphatic carboxylic acids is 1. The molecule has 0 aromatic rings. The van der Waals surface area contributed by atoms with E-state index >= 15 is 0 Å². The number of carbonyl (C=O) groups excluding carboxylic acids is 3. The van der Waals surface area contributed by atoms with Crippen LogP contribution in [-0.2, 0) is 33.3 Å². The Morgan fingerprint density at radius 1 is 0.707 bits per heavy atom. The van der Waals surface area contributed by atoms with Gasteiger partial charge in [-0.3, -0.25) is 9.59 Å². The molecule has 0 N–H and O–H groups in total. The zero-order chi connectivity index (χ0) is 30.8. The molecule has 0 amide bonds. The molecule has 0 spiro atoms. The largest absolute Gasteiger partial charge is 0.545 e. The average molecular weight is 586 g/mol. The van der Waals surface area contributed by atoms with Gasteiger partial charge in [-0.25, -0.2) is 0 Å². The van der Waals surface area contributed by atoms with Crippen LogP contribution >= 0.6 is 0 Å². The second-order valence-corrected chi connectivity index (χ2v) is 11.7. The Labute approximate surface area is 249 Å². The maximum absolute atomic E-state index is 12.5. The summed E-state index contributed by atoms with van der Waals surface area (Å²) >= 11 is 0. The topological polar surface area (TPSA) is 111 Å². The van der Waals surface area contributed by atoms with Crippen molar-refractivity contribution in [3.63, 3.8) is 0 Å². The van der Waals surface area contributed by atoms with Gasteiger partial charge in [0.05, 0.1) is 40.3 Å². The number of nitrogens with zero attached hydrogens (tertiary/aromatic N) is 1. The molecule has 0 aromatic carbocycles. The normalized spacial score (nSPS) is 13.3. The molecule has 0 saturated carbocycles. The van der Waals surface area contributed by atoms with Crippen LogP contribution in [0.5, 0.6) is 0 Å². The Bertz CT molecular complexity index is 704. The van der Waals surface area contributed by atoms with Crippen molar-refractivity contribution < 1.29 is 42.9 Å². The molecule has 0 rings (SSSR count). The van der Waals surface area contributed by atoms with E-state index in [2.05, 4.69) is 26.0 Å². The molecule has 0 bridgehead atoms. The highest BCUT2D eigenvalue weighted by Gasteiger charge is 2.21. The molecule has 9 heteroatoms. The fourth-order valence-electron chi connectivity index (χ4n) is 3.95. The van der Waals surface area contributed by atoms with Crippen LogP contribution in [0.25, 0.3) is 0 Å². The van der Waals surface area contributed by atoms with Gasteiger partial charge in [0.2, 0.25) is 0 Å². The van der Waals surface area contributed by atoms with Gasteiger partial charge in [0, 0.05) is 12.8 Å². The highest BCUT2D eigenvalue weighted by atomic mass is 16.7. The maximum atomic E-state index is 12.5. The molecule has 0 aliphatic heterocycles. The van der Waals surface area contributed by atoms with Crippen LogP contribution in [-0.4, -0.2) is 82.3 Å². The smallest absolute Gasteiger partial charge is 0.306 e. The number of likely N-dealkylation sites (N-methyl/N-ethyl adjacent to an activating group) is 1. The third kappa shape index (κ3) is 26.7. The molecule has 2 atom stereocenters. The summed E-state index contributed by atoms with van der Waals surface area (Å²) in [4.78, 5) is 36.3. The Balaban J connectivity index is 4.65. The number of carboxylic acids is 1. The number of carbonyl (C=O) groups is 3. The standard InChI is InChI=1S/C32H59NO8/c1-6-8-10-12-14-15-16-17-19-21-23-30(35)41-28(26-39-29(34)22-20-18-13-11-9-7-2)27-40-32(31(36)37)38-25-24-33(3,4)5/h10,12,28,32H,6-9,11,13-27H2,1-5H3/b12-10-. The van der Waals surface area contributed by atoms with Crippen LogP contribution in [0.1, 0.15) is 117 Å².